The molecule has 0 bridgehead atoms. The zero-order valence-corrected chi connectivity index (χ0v) is 11.8. The molecule has 20 heavy (non-hydrogen) atoms. The van der Waals surface area contributed by atoms with Crippen LogP contribution in [0.15, 0.2) is 0 Å². The number of rotatable bonds is 2. The molecule has 112 valence electrons. The molecule has 0 spiro atoms. The topological polar surface area (TPSA) is 74.6 Å². The van der Waals surface area contributed by atoms with Crippen LogP contribution in [0.2, 0.25) is 0 Å². The minimum Gasteiger partial charge on any atom is -0.481 e. The van der Waals surface area contributed by atoms with E-state index in [4.69, 9.17) is 0 Å². The van der Waals surface area contributed by atoms with Gasteiger partial charge in [-0.15, -0.1) is 0 Å². The van der Waals surface area contributed by atoms with Gasteiger partial charge in [0.15, 0.2) is 0 Å². The smallest absolute Gasteiger partial charge is 0.307 e. The van der Waals surface area contributed by atoms with Gasteiger partial charge in [0.25, 0.3) is 0 Å². The number of carbonyl (C=O) groups is 2. The van der Waals surface area contributed by atoms with Crippen LogP contribution in [0.3, 0.4) is 0 Å². The molecule has 0 heterocycles. The first kappa shape index (κ1) is 13.9. The van der Waals surface area contributed by atoms with Crippen LogP contribution in [-0.2, 0) is 9.59 Å². The second-order valence-corrected chi connectivity index (χ2v) is 6.95. The summed E-state index contributed by atoms with van der Waals surface area (Å²) in [7, 11) is 0. The fourth-order valence-electron chi connectivity index (χ4n) is 5.54. The van der Waals surface area contributed by atoms with Gasteiger partial charge in [-0.2, -0.15) is 0 Å². The fourth-order valence-corrected chi connectivity index (χ4v) is 5.54. The molecule has 3 rings (SSSR count). The molecule has 6 atom stereocenters. The summed E-state index contributed by atoms with van der Waals surface area (Å²) in [5, 5.41) is 19.2. The van der Waals surface area contributed by atoms with Gasteiger partial charge in [-0.3, -0.25) is 9.59 Å². The van der Waals surface area contributed by atoms with Crippen molar-refractivity contribution in [2.75, 3.05) is 0 Å². The highest BCUT2D eigenvalue weighted by atomic mass is 16.4. The largest absolute Gasteiger partial charge is 0.481 e. The lowest BCUT2D eigenvalue weighted by Gasteiger charge is -2.53. The van der Waals surface area contributed by atoms with Gasteiger partial charge in [-0.05, 0) is 49.4 Å². The molecule has 0 unspecified atom stereocenters. The molecule has 4 heteroatoms. The van der Waals surface area contributed by atoms with Crippen molar-refractivity contribution in [2.45, 2.75) is 51.4 Å². The third-order valence-corrected chi connectivity index (χ3v) is 6.18. The predicted octanol–water partition coefficient (Wildman–Crippen LogP) is 3.01. The first-order valence-electron chi connectivity index (χ1n) is 8.07. The van der Waals surface area contributed by atoms with Gasteiger partial charge in [0, 0.05) is 0 Å². The lowest BCUT2D eigenvalue weighted by atomic mass is 9.50. The van der Waals surface area contributed by atoms with Gasteiger partial charge in [0.05, 0.1) is 11.8 Å². The Labute approximate surface area is 119 Å². The van der Waals surface area contributed by atoms with E-state index < -0.39 is 23.8 Å². The van der Waals surface area contributed by atoms with E-state index in [9.17, 15) is 19.8 Å². The summed E-state index contributed by atoms with van der Waals surface area (Å²) in [6.45, 7) is 0. The van der Waals surface area contributed by atoms with Crippen LogP contribution in [-0.4, -0.2) is 22.2 Å². The van der Waals surface area contributed by atoms with Crippen molar-refractivity contribution in [3.05, 3.63) is 0 Å². The molecule has 3 aliphatic rings. The number of carboxylic acids is 2. The molecule has 3 fully saturated rings. The number of hydrogen-bond donors (Lipinski definition) is 2. The zero-order chi connectivity index (χ0) is 14.3. The third kappa shape index (κ3) is 2.13. The lowest BCUT2D eigenvalue weighted by molar-refractivity contribution is -0.172. The highest BCUT2D eigenvalue weighted by Gasteiger charge is 2.55. The summed E-state index contributed by atoms with van der Waals surface area (Å²) in [5.41, 5.74) is 0. The summed E-state index contributed by atoms with van der Waals surface area (Å²) >= 11 is 0. The first-order chi connectivity index (χ1) is 9.61. The average molecular weight is 280 g/mol. The van der Waals surface area contributed by atoms with E-state index in [1.807, 2.05) is 0 Å². The molecule has 0 aromatic rings. The molecule has 3 saturated carbocycles. The average Bonchev–Trinajstić information content (AvgIpc) is 2.45. The van der Waals surface area contributed by atoms with E-state index in [-0.39, 0.29) is 11.8 Å². The van der Waals surface area contributed by atoms with Gasteiger partial charge in [-0.1, -0.05) is 25.7 Å². The molecule has 2 N–H and O–H groups in total. The van der Waals surface area contributed by atoms with Gasteiger partial charge < -0.3 is 10.2 Å². The number of carboxylic acid groups (broad SMARTS) is 2. The Bertz CT molecular complexity index is 367. The molecule has 0 aliphatic heterocycles. The van der Waals surface area contributed by atoms with Crippen LogP contribution in [0.4, 0.5) is 0 Å². The van der Waals surface area contributed by atoms with Crippen molar-refractivity contribution in [3.8, 4) is 0 Å². The Kier molecular flexibility index (Phi) is 3.74. The SMILES string of the molecule is O=C(O)[C@@H]1[C@@H]2CCCC[C@@H]2[C@@H]2CCCC[C@H]2[C@@H]1C(=O)O. The molecular weight excluding hydrogens is 256 g/mol. The summed E-state index contributed by atoms with van der Waals surface area (Å²) in [6, 6.07) is 0. The minimum atomic E-state index is -0.877. The summed E-state index contributed by atoms with van der Waals surface area (Å²) in [4.78, 5) is 23.5. The van der Waals surface area contributed by atoms with E-state index in [1.165, 1.54) is 12.8 Å². The van der Waals surface area contributed by atoms with Gasteiger partial charge in [-0.25, -0.2) is 0 Å². The lowest BCUT2D eigenvalue weighted by Crippen LogP contribution is -2.53. The van der Waals surface area contributed by atoms with Crippen LogP contribution >= 0.6 is 0 Å². The highest BCUT2D eigenvalue weighted by Crippen LogP contribution is 2.56. The maximum Gasteiger partial charge on any atom is 0.307 e. The van der Waals surface area contributed by atoms with Crippen LogP contribution < -0.4 is 0 Å². The number of aliphatic carboxylic acids is 2. The maximum atomic E-state index is 11.7. The normalized spacial score (nSPS) is 44.2. The number of hydrogen-bond acceptors (Lipinski definition) is 2. The standard InChI is InChI=1S/C16H24O4/c17-15(18)13-11-7-3-1-5-9(11)10-6-2-4-8-12(10)14(13)16(19)20/h9-14H,1-8H2,(H,17,18)(H,19,20)/t9-,10+,11-,12-,13-,14+/m1/s1. The van der Waals surface area contributed by atoms with Gasteiger partial charge >= 0.3 is 11.9 Å². The molecule has 0 radical (unpaired) electrons. The maximum absolute atomic E-state index is 11.7. The number of fused-ring (bicyclic) bond motifs is 3. The van der Waals surface area contributed by atoms with Crippen LogP contribution in [0.1, 0.15) is 51.4 Å². The van der Waals surface area contributed by atoms with Crippen molar-refractivity contribution >= 4 is 11.9 Å². The second-order valence-electron chi connectivity index (χ2n) is 6.95. The fraction of sp³-hybridized carbons (Fsp3) is 0.875. The monoisotopic (exact) mass is 280 g/mol. The Morgan fingerprint density at radius 2 is 0.900 bits per heavy atom. The predicted molar refractivity (Wildman–Crippen MR) is 73.1 cm³/mol. The molecule has 3 aliphatic carbocycles. The zero-order valence-electron chi connectivity index (χ0n) is 11.8. The molecule has 0 aromatic heterocycles. The Morgan fingerprint density at radius 1 is 0.600 bits per heavy atom. The van der Waals surface area contributed by atoms with Crippen molar-refractivity contribution in [2.24, 2.45) is 35.5 Å². The van der Waals surface area contributed by atoms with Crippen LogP contribution in [0.25, 0.3) is 0 Å². The summed E-state index contributed by atoms with van der Waals surface area (Å²) in [5.74, 6) is -1.94. The third-order valence-electron chi connectivity index (χ3n) is 6.18. The Hall–Kier alpha value is -1.06. The highest BCUT2D eigenvalue weighted by molar-refractivity contribution is 5.81. The quantitative estimate of drug-likeness (QED) is 0.815. The van der Waals surface area contributed by atoms with E-state index in [0.717, 1.165) is 38.5 Å². The minimum absolute atomic E-state index is 0.0988. The van der Waals surface area contributed by atoms with Crippen molar-refractivity contribution in [3.63, 3.8) is 0 Å². The summed E-state index contributed by atoms with van der Waals surface area (Å²) in [6.07, 6.45) is 8.56. The van der Waals surface area contributed by atoms with Crippen LogP contribution in [0.5, 0.6) is 0 Å². The second kappa shape index (κ2) is 5.38. The Morgan fingerprint density at radius 3 is 1.20 bits per heavy atom. The van der Waals surface area contributed by atoms with Gasteiger partial charge in [0.1, 0.15) is 0 Å². The Balaban J connectivity index is 1.98. The van der Waals surface area contributed by atoms with Crippen LogP contribution in [0, 0.1) is 35.5 Å². The van der Waals surface area contributed by atoms with E-state index in [1.54, 1.807) is 0 Å². The molecule has 4 nitrogen and oxygen atoms in total. The molecule has 0 saturated heterocycles. The van der Waals surface area contributed by atoms with Gasteiger partial charge in [0.2, 0.25) is 0 Å². The van der Waals surface area contributed by atoms with Crippen molar-refractivity contribution < 1.29 is 19.8 Å². The van der Waals surface area contributed by atoms with E-state index >= 15 is 0 Å². The van der Waals surface area contributed by atoms with Crippen molar-refractivity contribution in [1.82, 2.24) is 0 Å². The van der Waals surface area contributed by atoms with E-state index in [0.29, 0.717) is 11.8 Å². The first-order valence-corrected chi connectivity index (χ1v) is 8.07. The molecule has 0 amide bonds. The molecule has 0 aromatic carbocycles. The summed E-state index contributed by atoms with van der Waals surface area (Å²) < 4.78 is 0. The van der Waals surface area contributed by atoms with Crippen molar-refractivity contribution in [1.29, 1.82) is 0 Å². The molecular formula is C16H24O4. The van der Waals surface area contributed by atoms with E-state index in [2.05, 4.69) is 0 Å².